The lowest BCUT2D eigenvalue weighted by atomic mass is 9.79. The summed E-state index contributed by atoms with van der Waals surface area (Å²) < 4.78 is 21.6. The van der Waals surface area contributed by atoms with E-state index in [4.69, 9.17) is 18.9 Å². The van der Waals surface area contributed by atoms with E-state index in [0.29, 0.717) is 39.8 Å². The van der Waals surface area contributed by atoms with Crippen molar-refractivity contribution in [3.63, 3.8) is 0 Å². The maximum Gasteiger partial charge on any atom is 0.254 e. The Morgan fingerprint density at radius 2 is 1.46 bits per heavy atom. The molecule has 0 aromatic heterocycles. The Labute approximate surface area is 204 Å². The smallest absolute Gasteiger partial charge is 0.254 e. The molecule has 8 nitrogen and oxygen atoms in total. The number of fused-ring (bicyclic) bond motifs is 1. The highest BCUT2D eigenvalue weighted by atomic mass is 16.5. The van der Waals surface area contributed by atoms with Crippen LogP contribution in [0.4, 0.5) is 5.69 Å². The first-order valence-electron chi connectivity index (χ1n) is 11.0. The predicted octanol–water partition coefficient (Wildman–Crippen LogP) is 4.27. The van der Waals surface area contributed by atoms with E-state index in [1.807, 2.05) is 36.4 Å². The summed E-state index contributed by atoms with van der Waals surface area (Å²) >= 11 is 0. The van der Waals surface area contributed by atoms with Crippen LogP contribution in [0.5, 0.6) is 23.0 Å². The summed E-state index contributed by atoms with van der Waals surface area (Å²) in [4.78, 5) is 29.0. The van der Waals surface area contributed by atoms with Crippen molar-refractivity contribution in [2.24, 2.45) is 0 Å². The summed E-state index contributed by atoms with van der Waals surface area (Å²) in [5.74, 6) is 0.819. The topological polar surface area (TPSA) is 86.3 Å². The van der Waals surface area contributed by atoms with Crippen LogP contribution in [-0.2, 0) is 4.79 Å². The number of carbonyl (C=O) groups is 2. The van der Waals surface area contributed by atoms with Gasteiger partial charge in [-0.3, -0.25) is 9.59 Å². The molecule has 0 bridgehead atoms. The lowest BCUT2D eigenvalue weighted by Gasteiger charge is -2.40. The van der Waals surface area contributed by atoms with Crippen LogP contribution in [0.2, 0.25) is 0 Å². The highest BCUT2D eigenvalue weighted by molar-refractivity contribution is 6.05. The van der Waals surface area contributed by atoms with Gasteiger partial charge in [-0.15, -0.1) is 0 Å². The van der Waals surface area contributed by atoms with Crippen molar-refractivity contribution in [2.75, 3.05) is 40.8 Å². The summed E-state index contributed by atoms with van der Waals surface area (Å²) in [5.41, 5.74) is 2.27. The number of para-hydroxylation sites is 2. The van der Waals surface area contributed by atoms with Crippen molar-refractivity contribution < 1.29 is 28.5 Å². The molecule has 2 atom stereocenters. The van der Waals surface area contributed by atoms with E-state index in [0.717, 1.165) is 5.56 Å². The molecule has 1 aliphatic heterocycles. The molecular formula is C27H28N2O6. The normalized spacial score (nSPS) is 16.8. The Morgan fingerprint density at radius 3 is 2.09 bits per heavy atom. The summed E-state index contributed by atoms with van der Waals surface area (Å²) in [7, 11) is 7.86. The summed E-state index contributed by atoms with van der Waals surface area (Å²) in [6.45, 7) is 0. The number of methoxy groups -OCH3 is 4. The van der Waals surface area contributed by atoms with Gasteiger partial charge in [0.1, 0.15) is 11.5 Å². The third-order valence-corrected chi connectivity index (χ3v) is 6.28. The molecule has 3 aromatic rings. The molecule has 2 amide bonds. The molecule has 2 unspecified atom stereocenters. The third-order valence-electron chi connectivity index (χ3n) is 6.28. The SMILES string of the molecule is COc1ccc(C2C(C(=O)Nc3ccccc3OC)c3cc(OC)c(OC)cc3C(=O)N2C)cc1. The largest absolute Gasteiger partial charge is 0.497 e. The summed E-state index contributed by atoms with van der Waals surface area (Å²) in [6.07, 6.45) is 0. The number of nitrogens with one attached hydrogen (secondary N) is 1. The van der Waals surface area contributed by atoms with Crippen LogP contribution in [0.25, 0.3) is 0 Å². The number of ether oxygens (including phenoxy) is 4. The van der Waals surface area contributed by atoms with Crippen LogP contribution in [0, 0.1) is 0 Å². The highest BCUT2D eigenvalue weighted by Crippen LogP contribution is 2.46. The Morgan fingerprint density at radius 1 is 0.829 bits per heavy atom. The molecule has 1 aliphatic rings. The number of hydrogen-bond donors (Lipinski definition) is 1. The first kappa shape index (κ1) is 23.9. The second-order valence-electron chi connectivity index (χ2n) is 8.10. The molecule has 3 aromatic carbocycles. The van der Waals surface area contributed by atoms with Crippen molar-refractivity contribution in [1.29, 1.82) is 0 Å². The zero-order valence-corrected chi connectivity index (χ0v) is 20.3. The van der Waals surface area contributed by atoms with Crippen molar-refractivity contribution in [3.05, 3.63) is 77.4 Å². The Kier molecular flexibility index (Phi) is 6.82. The molecule has 0 saturated carbocycles. The Hall–Kier alpha value is -4.20. The second kappa shape index (κ2) is 9.97. The van der Waals surface area contributed by atoms with Crippen LogP contribution in [0.1, 0.15) is 33.4 Å². The lowest BCUT2D eigenvalue weighted by molar-refractivity contribution is -0.119. The molecule has 8 heteroatoms. The van der Waals surface area contributed by atoms with E-state index in [-0.39, 0.29) is 11.8 Å². The van der Waals surface area contributed by atoms with E-state index in [2.05, 4.69) is 5.32 Å². The third kappa shape index (κ3) is 4.35. The van der Waals surface area contributed by atoms with E-state index >= 15 is 0 Å². The van der Waals surface area contributed by atoms with Gasteiger partial charge in [0, 0.05) is 12.6 Å². The molecule has 35 heavy (non-hydrogen) atoms. The number of rotatable bonds is 7. The van der Waals surface area contributed by atoms with E-state index < -0.39 is 12.0 Å². The maximum atomic E-state index is 13.9. The first-order valence-corrected chi connectivity index (χ1v) is 11.0. The fraction of sp³-hybridized carbons (Fsp3) is 0.259. The van der Waals surface area contributed by atoms with Crippen molar-refractivity contribution >= 4 is 17.5 Å². The van der Waals surface area contributed by atoms with Crippen LogP contribution in [-0.4, -0.2) is 52.2 Å². The quantitative estimate of drug-likeness (QED) is 0.548. The zero-order valence-electron chi connectivity index (χ0n) is 20.3. The molecule has 0 radical (unpaired) electrons. The molecular weight excluding hydrogens is 448 g/mol. The molecule has 1 N–H and O–H groups in total. The average molecular weight is 477 g/mol. The number of hydrogen-bond acceptors (Lipinski definition) is 6. The summed E-state index contributed by atoms with van der Waals surface area (Å²) in [5, 5.41) is 3.00. The van der Waals surface area contributed by atoms with E-state index in [1.165, 1.54) is 14.2 Å². The van der Waals surface area contributed by atoms with Crippen LogP contribution < -0.4 is 24.3 Å². The van der Waals surface area contributed by atoms with Gasteiger partial charge in [-0.1, -0.05) is 24.3 Å². The van der Waals surface area contributed by atoms with Crippen molar-refractivity contribution in [3.8, 4) is 23.0 Å². The molecule has 1 heterocycles. The van der Waals surface area contributed by atoms with Gasteiger partial charge in [-0.05, 0) is 47.5 Å². The molecule has 0 fully saturated rings. The molecule has 182 valence electrons. The minimum atomic E-state index is -0.745. The van der Waals surface area contributed by atoms with E-state index in [1.54, 1.807) is 50.4 Å². The highest BCUT2D eigenvalue weighted by Gasteiger charge is 2.43. The van der Waals surface area contributed by atoms with Crippen LogP contribution in [0.3, 0.4) is 0 Å². The van der Waals surface area contributed by atoms with Gasteiger partial charge in [0.15, 0.2) is 11.5 Å². The van der Waals surface area contributed by atoms with Crippen molar-refractivity contribution in [2.45, 2.75) is 12.0 Å². The number of likely N-dealkylation sites (N-methyl/N-ethyl adjacent to an activating group) is 1. The number of carbonyl (C=O) groups excluding carboxylic acids is 2. The van der Waals surface area contributed by atoms with Gasteiger partial charge in [0.2, 0.25) is 5.91 Å². The molecule has 0 saturated heterocycles. The minimum absolute atomic E-state index is 0.219. The van der Waals surface area contributed by atoms with Gasteiger partial charge >= 0.3 is 0 Å². The van der Waals surface area contributed by atoms with Gasteiger partial charge < -0.3 is 29.2 Å². The van der Waals surface area contributed by atoms with Gasteiger partial charge in [-0.25, -0.2) is 0 Å². The molecule has 0 spiro atoms. The van der Waals surface area contributed by atoms with Gasteiger partial charge in [0.25, 0.3) is 5.91 Å². The van der Waals surface area contributed by atoms with Crippen LogP contribution in [0.15, 0.2) is 60.7 Å². The number of amides is 2. The van der Waals surface area contributed by atoms with E-state index in [9.17, 15) is 9.59 Å². The minimum Gasteiger partial charge on any atom is -0.497 e. The monoisotopic (exact) mass is 476 g/mol. The van der Waals surface area contributed by atoms with Gasteiger partial charge in [0.05, 0.1) is 46.1 Å². The molecule has 0 aliphatic carbocycles. The lowest BCUT2D eigenvalue weighted by Crippen LogP contribution is -2.44. The fourth-order valence-corrected chi connectivity index (χ4v) is 4.51. The number of benzene rings is 3. The van der Waals surface area contributed by atoms with Crippen molar-refractivity contribution in [1.82, 2.24) is 4.90 Å². The first-order chi connectivity index (χ1) is 16.9. The van der Waals surface area contributed by atoms with Gasteiger partial charge in [-0.2, -0.15) is 0 Å². The Balaban J connectivity index is 1.88. The number of anilines is 1. The summed E-state index contributed by atoms with van der Waals surface area (Å²) in [6, 6.07) is 17.3. The Bertz CT molecular complexity index is 1240. The average Bonchev–Trinajstić information content (AvgIpc) is 2.90. The second-order valence-corrected chi connectivity index (χ2v) is 8.10. The maximum absolute atomic E-state index is 13.9. The standard InChI is InChI=1S/C27H28N2O6/c1-29-25(16-10-12-17(32-2)13-11-16)24(26(30)28-20-8-6-7-9-21(20)33-3)18-14-22(34-4)23(35-5)15-19(18)27(29)31/h6-15,24-25H,1-5H3,(H,28,30). The number of nitrogens with zero attached hydrogens (tertiary/aromatic N) is 1. The molecule has 4 rings (SSSR count). The fourth-order valence-electron chi connectivity index (χ4n) is 4.51. The van der Waals surface area contributed by atoms with Crippen LogP contribution >= 0.6 is 0 Å². The zero-order chi connectivity index (χ0) is 25.1. The predicted molar refractivity (Wildman–Crippen MR) is 132 cm³/mol.